The van der Waals surface area contributed by atoms with Gasteiger partial charge in [-0.3, -0.25) is 4.99 Å². The smallest absolute Gasteiger partial charge is 0.193 e. The molecule has 21 heavy (non-hydrogen) atoms. The lowest BCUT2D eigenvalue weighted by Gasteiger charge is -2.10. The van der Waals surface area contributed by atoms with Crippen LogP contribution in [0.1, 0.15) is 43.2 Å². The average Bonchev–Trinajstić information content (AvgIpc) is 2.96. The maximum absolute atomic E-state index is 5.90. The highest BCUT2D eigenvalue weighted by atomic mass is 16.5. The summed E-state index contributed by atoms with van der Waals surface area (Å²) in [6.45, 7) is 5.68. The van der Waals surface area contributed by atoms with Gasteiger partial charge in [-0.25, -0.2) is 0 Å². The Kier molecular flexibility index (Phi) is 6.05. The van der Waals surface area contributed by atoms with E-state index in [4.69, 9.17) is 10.5 Å². The van der Waals surface area contributed by atoms with Crippen molar-refractivity contribution in [2.75, 3.05) is 18.5 Å². The monoisotopic (exact) mass is 289 g/mol. The minimum absolute atomic E-state index is 0.471. The summed E-state index contributed by atoms with van der Waals surface area (Å²) >= 11 is 0. The van der Waals surface area contributed by atoms with E-state index in [2.05, 4.69) is 36.3 Å². The van der Waals surface area contributed by atoms with Crippen molar-refractivity contribution in [1.29, 1.82) is 0 Å². The van der Waals surface area contributed by atoms with Crippen LogP contribution in [0.25, 0.3) is 0 Å². The quantitative estimate of drug-likeness (QED) is 0.479. The molecule has 0 amide bonds. The number of anilines is 1. The molecule has 116 valence electrons. The highest BCUT2D eigenvalue weighted by Crippen LogP contribution is 2.20. The van der Waals surface area contributed by atoms with Gasteiger partial charge in [-0.2, -0.15) is 0 Å². The summed E-state index contributed by atoms with van der Waals surface area (Å²) in [5.41, 5.74) is 9.41. The molecule has 0 spiro atoms. The van der Waals surface area contributed by atoms with Gasteiger partial charge in [0, 0.05) is 18.8 Å². The maximum atomic E-state index is 5.90. The Morgan fingerprint density at radius 1 is 1.29 bits per heavy atom. The fraction of sp³-hybridized carbons (Fsp3) is 0.588. The molecule has 0 saturated heterocycles. The number of nitrogens with one attached hydrogen (secondary N) is 1. The van der Waals surface area contributed by atoms with E-state index in [0.717, 1.165) is 18.7 Å². The number of aryl methyl sites for hydroxylation is 2. The minimum atomic E-state index is 0.471. The molecular weight excluding hydrogens is 262 g/mol. The lowest BCUT2D eigenvalue weighted by atomic mass is 10.1. The molecule has 2 rings (SSSR count). The Bertz CT molecular complexity index is 479. The Morgan fingerprint density at radius 2 is 2.05 bits per heavy atom. The second-order valence-corrected chi connectivity index (χ2v) is 5.82. The van der Waals surface area contributed by atoms with Gasteiger partial charge in [-0.1, -0.05) is 18.9 Å². The molecule has 0 unspecified atom stereocenters. The highest BCUT2D eigenvalue weighted by Gasteiger charge is 2.14. The first kappa shape index (κ1) is 15.8. The summed E-state index contributed by atoms with van der Waals surface area (Å²) in [5, 5.41) is 3.13. The van der Waals surface area contributed by atoms with Gasteiger partial charge >= 0.3 is 0 Å². The molecule has 3 N–H and O–H groups in total. The van der Waals surface area contributed by atoms with E-state index in [1.807, 2.05) is 6.07 Å². The molecule has 4 nitrogen and oxygen atoms in total. The summed E-state index contributed by atoms with van der Waals surface area (Å²) in [6.07, 6.45) is 6.48. The predicted octanol–water partition coefficient (Wildman–Crippen LogP) is 3.38. The number of rotatable bonds is 6. The molecule has 1 aliphatic rings. The maximum Gasteiger partial charge on any atom is 0.193 e. The molecule has 1 aromatic carbocycles. The first-order valence-corrected chi connectivity index (χ1v) is 7.91. The van der Waals surface area contributed by atoms with Crippen LogP contribution in [-0.2, 0) is 4.74 Å². The Hall–Kier alpha value is -1.55. The standard InChI is InChI=1S/C17H27N3O/c1-13-8-9-15(12-14(13)2)20-17(18)19-10-5-11-21-16-6-3-4-7-16/h8-9,12,16H,3-7,10-11H2,1-2H3,(H3,18,19,20). The van der Waals surface area contributed by atoms with Gasteiger partial charge in [0.05, 0.1) is 6.10 Å². The lowest BCUT2D eigenvalue weighted by molar-refractivity contribution is 0.0579. The van der Waals surface area contributed by atoms with E-state index >= 15 is 0 Å². The van der Waals surface area contributed by atoms with Crippen molar-refractivity contribution >= 4 is 11.6 Å². The zero-order valence-electron chi connectivity index (χ0n) is 13.2. The zero-order chi connectivity index (χ0) is 15.1. The SMILES string of the molecule is Cc1ccc(NC(N)=NCCCOC2CCCC2)cc1C. The van der Waals surface area contributed by atoms with Crippen LogP contribution in [0.3, 0.4) is 0 Å². The highest BCUT2D eigenvalue weighted by molar-refractivity contribution is 5.92. The van der Waals surface area contributed by atoms with Crippen molar-refractivity contribution in [2.45, 2.75) is 52.1 Å². The van der Waals surface area contributed by atoms with Gasteiger partial charge in [-0.05, 0) is 56.4 Å². The molecule has 1 aliphatic carbocycles. The average molecular weight is 289 g/mol. The molecule has 1 saturated carbocycles. The van der Waals surface area contributed by atoms with Crippen LogP contribution in [0, 0.1) is 13.8 Å². The number of hydrogen-bond donors (Lipinski definition) is 2. The fourth-order valence-corrected chi connectivity index (χ4v) is 2.58. The summed E-state index contributed by atoms with van der Waals surface area (Å²) in [5.74, 6) is 0.471. The number of nitrogens with zero attached hydrogens (tertiary/aromatic N) is 1. The topological polar surface area (TPSA) is 59.6 Å². The largest absolute Gasteiger partial charge is 0.378 e. The van der Waals surface area contributed by atoms with Crippen molar-refractivity contribution in [3.8, 4) is 0 Å². The molecule has 0 radical (unpaired) electrons. The van der Waals surface area contributed by atoms with E-state index in [9.17, 15) is 0 Å². The normalized spacial score (nSPS) is 16.4. The number of nitrogens with two attached hydrogens (primary N) is 1. The number of aliphatic imine (C=N–C) groups is 1. The molecule has 0 atom stereocenters. The van der Waals surface area contributed by atoms with E-state index in [-0.39, 0.29) is 0 Å². The van der Waals surface area contributed by atoms with E-state index < -0.39 is 0 Å². The van der Waals surface area contributed by atoms with Crippen LogP contribution in [0.2, 0.25) is 0 Å². The summed E-state index contributed by atoms with van der Waals surface area (Å²) in [6, 6.07) is 6.19. The van der Waals surface area contributed by atoms with Crippen LogP contribution in [-0.4, -0.2) is 25.2 Å². The van der Waals surface area contributed by atoms with Gasteiger partial charge < -0.3 is 15.8 Å². The molecule has 1 aromatic rings. The predicted molar refractivity (Wildman–Crippen MR) is 88.9 cm³/mol. The first-order chi connectivity index (χ1) is 10.1. The third-order valence-corrected chi connectivity index (χ3v) is 4.02. The van der Waals surface area contributed by atoms with Gasteiger partial charge in [0.2, 0.25) is 0 Å². The van der Waals surface area contributed by atoms with Crippen molar-refractivity contribution < 1.29 is 4.74 Å². The third kappa shape index (κ3) is 5.38. The first-order valence-electron chi connectivity index (χ1n) is 7.91. The van der Waals surface area contributed by atoms with E-state index in [1.54, 1.807) is 0 Å². The number of ether oxygens (including phenoxy) is 1. The van der Waals surface area contributed by atoms with Crippen LogP contribution in [0.15, 0.2) is 23.2 Å². The second-order valence-electron chi connectivity index (χ2n) is 5.82. The fourth-order valence-electron chi connectivity index (χ4n) is 2.58. The molecule has 0 bridgehead atoms. The zero-order valence-corrected chi connectivity index (χ0v) is 13.2. The van der Waals surface area contributed by atoms with Crippen LogP contribution >= 0.6 is 0 Å². The Balaban J connectivity index is 1.67. The van der Waals surface area contributed by atoms with Gasteiger partial charge in [-0.15, -0.1) is 0 Å². The number of benzene rings is 1. The van der Waals surface area contributed by atoms with Gasteiger partial charge in [0.25, 0.3) is 0 Å². The molecule has 4 heteroatoms. The van der Waals surface area contributed by atoms with E-state index in [1.165, 1.54) is 36.8 Å². The van der Waals surface area contributed by atoms with Crippen molar-refractivity contribution in [3.05, 3.63) is 29.3 Å². The Morgan fingerprint density at radius 3 is 2.76 bits per heavy atom. The molecule has 0 aliphatic heterocycles. The lowest BCUT2D eigenvalue weighted by Crippen LogP contribution is -2.23. The minimum Gasteiger partial charge on any atom is -0.378 e. The summed E-state index contributed by atoms with van der Waals surface area (Å²) in [4.78, 5) is 4.34. The second kappa shape index (κ2) is 8.03. The molecular formula is C17H27N3O. The number of hydrogen-bond acceptors (Lipinski definition) is 2. The van der Waals surface area contributed by atoms with Crippen molar-refractivity contribution in [1.82, 2.24) is 0 Å². The van der Waals surface area contributed by atoms with Gasteiger partial charge in [0.1, 0.15) is 0 Å². The third-order valence-electron chi connectivity index (χ3n) is 4.02. The number of guanidine groups is 1. The molecule has 0 aromatic heterocycles. The molecule has 1 fully saturated rings. The van der Waals surface area contributed by atoms with Gasteiger partial charge in [0.15, 0.2) is 5.96 Å². The van der Waals surface area contributed by atoms with E-state index in [0.29, 0.717) is 18.6 Å². The van der Waals surface area contributed by atoms with Crippen LogP contribution in [0.4, 0.5) is 5.69 Å². The van der Waals surface area contributed by atoms with Crippen LogP contribution < -0.4 is 11.1 Å². The Labute approximate surface area is 127 Å². The summed E-state index contributed by atoms with van der Waals surface area (Å²) < 4.78 is 5.80. The van der Waals surface area contributed by atoms with Crippen molar-refractivity contribution in [3.63, 3.8) is 0 Å². The van der Waals surface area contributed by atoms with Crippen molar-refractivity contribution in [2.24, 2.45) is 10.7 Å². The molecule has 0 heterocycles. The summed E-state index contributed by atoms with van der Waals surface area (Å²) in [7, 11) is 0. The van der Waals surface area contributed by atoms with Crippen LogP contribution in [0.5, 0.6) is 0 Å².